The summed E-state index contributed by atoms with van der Waals surface area (Å²) in [5.41, 5.74) is 0.176. The third-order valence-corrected chi connectivity index (χ3v) is 2.95. The highest BCUT2D eigenvalue weighted by Gasteiger charge is 2.12. The van der Waals surface area contributed by atoms with E-state index in [4.69, 9.17) is 4.74 Å². The average Bonchev–Trinajstić information content (AvgIpc) is 2.85. The van der Waals surface area contributed by atoms with Gasteiger partial charge < -0.3 is 4.74 Å². The van der Waals surface area contributed by atoms with Crippen LogP contribution in [0.2, 0.25) is 0 Å². The molecular weight excluding hydrogens is 303 g/mol. The lowest BCUT2D eigenvalue weighted by Gasteiger charge is -2.06. The molecule has 94 valence electrons. The molecule has 0 aliphatic carbocycles. The summed E-state index contributed by atoms with van der Waals surface area (Å²) >= 11 is 3.18. The predicted octanol–water partition coefficient (Wildman–Crippen LogP) is 2.64. The standard InChI is InChI=1S/C12H10BrFN2O2/c13-11-3-2-9(14)8-10(11)12(17)18-7-6-16-5-1-4-15-16/h1-5,8H,6-7H2. The summed E-state index contributed by atoms with van der Waals surface area (Å²) < 4.78 is 20.2. The van der Waals surface area contributed by atoms with Crippen molar-refractivity contribution in [1.29, 1.82) is 0 Å². The van der Waals surface area contributed by atoms with Crippen LogP contribution in [0.25, 0.3) is 0 Å². The summed E-state index contributed by atoms with van der Waals surface area (Å²) in [4.78, 5) is 11.7. The highest BCUT2D eigenvalue weighted by molar-refractivity contribution is 9.10. The summed E-state index contributed by atoms with van der Waals surface area (Å²) in [6.45, 7) is 0.648. The number of carbonyl (C=O) groups is 1. The fourth-order valence-corrected chi connectivity index (χ4v) is 1.80. The lowest BCUT2D eigenvalue weighted by atomic mass is 10.2. The van der Waals surface area contributed by atoms with Crippen LogP contribution in [0.5, 0.6) is 0 Å². The highest BCUT2D eigenvalue weighted by Crippen LogP contribution is 2.18. The fraction of sp³-hybridized carbons (Fsp3) is 0.167. The first-order chi connectivity index (χ1) is 8.66. The van der Waals surface area contributed by atoms with Crippen molar-refractivity contribution < 1.29 is 13.9 Å². The number of ether oxygens (including phenoxy) is 1. The Morgan fingerprint density at radius 3 is 3.06 bits per heavy atom. The first-order valence-electron chi connectivity index (χ1n) is 5.26. The Hall–Kier alpha value is -1.69. The average molecular weight is 313 g/mol. The minimum Gasteiger partial charge on any atom is -0.460 e. The van der Waals surface area contributed by atoms with E-state index in [9.17, 15) is 9.18 Å². The van der Waals surface area contributed by atoms with Gasteiger partial charge >= 0.3 is 5.97 Å². The lowest BCUT2D eigenvalue weighted by molar-refractivity contribution is 0.0486. The van der Waals surface area contributed by atoms with Crippen molar-refractivity contribution in [3.63, 3.8) is 0 Å². The second-order valence-corrected chi connectivity index (χ2v) is 4.38. The number of esters is 1. The van der Waals surface area contributed by atoms with Crippen LogP contribution in [0.15, 0.2) is 41.1 Å². The van der Waals surface area contributed by atoms with Gasteiger partial charge in [-0.2, -0.15) is 5.10 Å². The molecule has 0 fully saturated rings. The molecule has 0 saturated heterocycles. The largest absolute Gasteiger partial charge is 0.460 e. The van der Waals surface area contributed by atoms with Crippen LogP contribution in [-0.4, -0.2) is 22.4 Å². The molecule has 0 aliphatic rings. The van der Waals surface area contributed by atoms with Gasteiger partial charge in [-0.05, 0) is 40.2 Å². The fourth-order valence-electron chi connectivity index (χ4n) is 1.40. The molecule has 0 radical (unpaired) electrons. The Bertz CT molecular complexity index is 543. The summed E-state index contributed by atoms with van der Waals surface area (Å²) in [6, 6.07) is 5.66. The SMILES string of the molecule is O=C(OCCn1cccn1)c1cc(F)ccc1Br. The van der Waals surface area contributed by atoms with E-state index in [1.54, 1.807) is 23.1 Å². The van der Waals surface area contributed by atoms with Crippen LogP contribution in [0, 0.1) is 5.82 Å². The van der Waals surface area contributed by atoms with Gasteiger partial charge in [0.25, 0.3) is 0 Å². The number of rotatable bonds is 4. The van der Waals surface area contributed by atoms with Gasteiger partial charge in [0.15, 0.2) is 0 Å². The molecule has 1 aromatic heterocycles. The molecular formula is C12H10BrFN2O2. The first kappa shape index (κ1) is 12.8. The summed E-state index contributed by atoms with van der Waals surface area (Å²) in [5.74, 6) is -1.04. The second kappa shape index (κ2) is 5.77. The van der Waals surface area contributed by atoms with Gasteiger partial charge in [-0.25, -0.2) is 9.18 Å². The Kier molecular flexibility index (Phi) is 4.09. The molecule has 0 aliphatic heterocycles. The Labute approximate surface area is 111 Å². The number of aromatic nitrogens is 2. The van der Waals surface area contributed by atoms with Gasteiger partial charge in [-0.15, -0.1) is 0 Å². The van der Waals surface area contributed by atoms with Gasteiger partial charge in [-0.3, -0.25) is 4.68 Å². The van der Waals surface area contributed by atoms with Crippen molar-refractivity contribution in [2.45, 2.75) is 6.54 Å². The summed E-state index contributed by atoms with van der Waals surface area (Å²) in [5, 5.41) is 3.97. The van der Waals surface area contributed by atoms with Crippen molar-refractivity contribution in [1.82, 2.24) is 9.78 Å². The molecule has 1 aromatic carbocycles. The van der Waals surface area contributed by atoms with Crippen molar-refractivity contribution in [3.05, 3.63) is 52.5 Å². The second-order valence-electron chi connectivity index (χ2n) is 3.53. The predicted molar refractivity (Wildman–Crippen MR) is 66.6 cm³/mol. The third kappa shape index (κ3) is 3.16. The van der Waals surface area contributed by atoms with Crippen LogP contribution < -0.4 is 0 Å². The number of halogens is 2. The van der Waals surface area contributed by atoms with Crippen LogP contribution >= 0.6 is 15.9 Å². The summed E-state index contributed by atoms with van der Waals surface area (Å²) in [7, 11) is 0. The monoisotopic (exact) mass is 312 g/mol. The van der Waals surface area contributed by atoms with Crippen LogP contribution in [0.3, 0.4) is 0 Å². The number of hydrogen-bond donors (Lipinski definition) is 0. The van der Waals surface area contributed by atoms with E-state index in [-0.39, 0.29) is 12.2 Å². The van der Waals surface area contributed by atoms with E-state index < -0.39 is 11.8 Å². The van der Waals surface area contributed by atoms with E-state index in [1.807, 2.05) is 0 Å². The molecule has 4 nitrogen and oxygen atoms in total. The Morgan fingerprint density at radius 1 is 1.50 bits per heavy atom. The molecule has 0 saturated carbocycles. The van der Waals surface area contributed by atoms with E-state index >= 15 is 0 Å². The van der Waals surface area contributed by atoms with Gasteiger partial charge in [0.2, 0.25) is 0 Å². The van der Waals surface area contributed by atoms with Gasteiger partial charge in [0.1, 0.15) is 12.4 Å². The first-order valence-corrected chi connectivity index (χ1v) is 6.06. The summed E-state index contributed by atoms with van der Waals surface area (Å²) in [6.07, 6.45) is 3.41. The van der Waals surface area contributed by atoms with Crippen LogP contribution in [-0.2, 0) is 11.3 Å². The smallest absolute Gasteiger partial charge is 0.339 e. The third-order valence-electron chi connectivity index (χ3n) is 2.26. The minimum absolute atomic E-state index is 0.176. The Morgan fingerprint density at radius 2 is 2.33 bits per heavy atom. The molecule has 0 N–H and O–H groups in total. The van der Waals surface area contributed by atoms with E-state index in [0.29, 0.717) is 11.0 Å². The van der Waals surface area contributed by atoms with Gasteiger partial charge in [0, 0.05) is 16.9 Å². The zero-order valence-corrected chi connectivity index (χ0v) is 10.9. The topological polar surface area (TPSA) is 44.1 Å². The number of hydrogen-bond acceptors (Lipinski definition) is 3. The van der Waals surface area contributed by atoms with Crippen LogP contribution in [0.1, 0.15) is 10.4 Å². The normalized spacial score (nSPS) is 10.3. The van der Waals surface area contributed by atoms with Crippen molar-refractivity contribution in [3.8, 4) is 0 Å². The van der Waals surface area contributed by atoms with E-state index in [1.165, 1.54) is 12.1 Å². The molecule has 0 amide bonds. The molecule has 0 spiro atoms. The molecule has 2 aromatic rings. The van der Waals surface area contributed by atoms with E-state index in [2.05, 4.69) is 21.0 Å². The molecule has 0 unspecified atom stereocenters. The van der Waals surface area contributed by atoms with Crippen molar-refractivity contribution >= 4 is 21.9 Å². The number of carbonyl (C=O) groups excluding carboxylic acids is 1. The molecule has 18 heavy (non-hydrogen) atoms. The van der Waals surface area contributed by atoms with Crippen molar-refractivity contribution in [2.24, 2.45) is 0 Å². The minimum atomic E-state index is -0.562. The Balaban J connectivity index is 1.93. The highest BCUT2D eigenvalue weighted by atomic mass is 79.9. The number of nitrogens with zero attached hydrogens (tertiary/aromatic N) is 2. The molecule has 2 rings (SSSR count). The molecule has 1 heterocycles. The number of benzene rings is 1. The maximum absolute atomic E-state index is 13.0. The van der Waals surface area contributed by atoms with Gasteiger partial charge in [0.05, 0.1) is 12.1 Å². The van der Waals surface area contributed by atoms with Crippen LogP contribution in [0.4, 0.5) is 4.39 Å². The quantitative estimate of drug-likeness (QED) is 0.815. The molecule has 6 heteroatoms. The molecule has 0 bridgehead atoms. The zero-order chi connectivity index (χ0) is 13.0. The molecule has 0 atom stereocenters. The lowest BCUT2D eigenvalue weighted by Crippen LogP contribution is -2.12. The van der Waals surface area contributed by atoms with Crippen molar-refractivity contribution in [2.75, 3.05) is 6.61 Å². The van der Waals surface area contributed by atoms with Gasteiger partial charge in [-0.1, -0.05) is 0 Å². The maximum atomic E-state index is 13.0. The maximum Gasteiger partial charge on any atom is 0.339 e. The zero-order valence-electron chi connectivity index (χ0n) is 9.35. The van der Waals surface area contributed by atoms with E-state index in [0.717, 1.165) is 6.07 Å².